The van der Waals surface area contributed by atoms with E-state index in [0.717, 1.165) is 27.8 Å². The molecule has 2 heterocycles. The lowest BCUT2D eigenvalue weighted by atomic mass is 10.2. The Labute approximate surface area is 140 Å². The minimum Gasteiger partial charge on any atom is -0.494 e. The molecule has 0 saturated heterocycles. The predicted octanol–water partition coefficient (Wildman–Crippen LogP) is 4.36. The van der Waals surface area contributed by atoms with Crippen LogP contribution in [-0.2, 0) is 0 Å². The highest BCUT2D eigenvalue weighted by molar-refractivity contribution is 7.73. The molecule has 0 fully saturated rings. The van der Waals surface area contributed by atoms with Crippen LogP contribution >= 0.6 is 23.6 Å². The van der Waals surface area contributed by atoms with Crippen LogP contribution in [0.15, 0.2) is 47.5 Å². The summed E-state index contributed by atoms with van der Waals surface area (Å²) in [5, 5.41) is 9.67. The highest BCUT2D eigenvalue weighted by atomic mass is 32.1. The molecule has 0 saturated carbocycles. The van der Waals surface area contributed by atoms with Crippen LogP contribution in [0.3, 0.4) is 0 Å². The molecule has 2 N–H and O–H groups in total. The van der Waals surface area contributed by atoms with Crippen LogP contribution in [0.4, 0.5) is 5.69 Å². The molecule has 0 aliphatic heterocycles. The first kappa shape index (κ1) is 14.0. The van der Waals surface area contributed by atoms with E-state index in [2.05, 4.69) is 19.9 Å². The van der Waals surface area contributed by atoms with Gasteiger partial charge in [0, 0.05) is 0 Å². The molecule has 2 aromatic carbocycles. The quantitative estimate of drug-likeness (QED) is 0.323. The Bertz CT molecular complexity index is 1110. The van der Waals surface area contributed by atoms with Crippen molar-refractivity contribution in [2.45, 2.75) is 0 Å². The van der Waals surface area contributed by atoms with Crippen molar-refractivity contribution in [2.24, 2.45) is 4.99 Å². The van der Waals surface area contributed by atoms with Crippen molar-refractivity contribution in [1.29, 1.82) is 0 Å². The summed E-state index contributed by atoms with van der Waals surface area (Å²) < 4.78 is 0.514. The highest BCUT2D eigenvalue weighted by Crippen LogP contribution is 2.23. The molecule has 0 aliphatic rings. The van der Waals surface area contributed by atoms with Crippen LogP contribution in [0.1, 0.15) is 4.88 Å². The first-order chi connectivity index (χ1) is 11.2. The van der Waals surface area contributed by atoms with E-state index in [4.69, 9.17) is 12.2 Å². The van der Waals surface area contributed by atoms with Crippen molar-refractivity contribution < 1.29 is 5.11 Å². The van der Waals surface area contributed by atoms with Crippen molar-refractivity contribution >= 4 is 57.5 Å². The second kappa shape index (κ2) is 5.53. The number of nitrogens with zero attached hydrogens (tertiary/aromatic N) is 3. The van der Waals surface area contributed by atoms with E-state index < -0.39 is 0 Å². The minimum absolute atomic E-state index is 0.0373. The van der Waals surface area contributed by atoms with Crippen molar-refractivity contribution in [3.05, 3.63) is 51.3 Å². The molecule has 4 aromatic rings. The lowest BCUT2D eigenvalue weighted by molar-refractivity contribution is 0.456. The maximum Gasteiger partial charge on any atom is 0.209 e. The maximum atomic E-state index is 9.67. The molecule has 0 aliphatic carbocycles. The van der Waals surface area contributed by atoms with Gasteiger partial charge in [0.05, 0.1) is 34.0 Å². The Hall–Kier alpha value is -2.64. The Morgan fingerprint density at radius 3 is 2.43 bits per heavy atom. The molecule has 0 atom stereocenters. The van der Waals surface area contributed by atoms with E-state index in [1.165, 1.54) is 11.3 Å². The zero-order valence-corrected chi connectivity index (χ0v) is 13.4. The summed E-state index contributed by atoms with van der Waals surface area (Å²) in [5.74, 6) is 0.0373. The summed E-state index contributed by atoms with van der Waals surface area (Å²) in [7, 11) is 0. The van der Waals surface area contributed by atoms with E-state index in [9.17, 15) is 5.11 Å². The van der Waals surface area contributed by atoms with E-state index in [1.807, 2.05) is 42.5 Å². The van der Waals surface area contributed by atoms with Gasteiger partial charge >= 0.3 is 0 Å². The molecule has 5 nitrogen and oxygen atoms in total. The van der Waals surface area contributed by atoms with Crippen LogP contribution in [0.5, 0.6) is 5.88 Å². The molecule has 4 rings (SSSR count). The molecule has 0 bridgehead atoms. The molecule has 0 radical (unpaired) electrons. The summed E-state index contributed by atoms with van der Waals surface area (Å²) >= 11 is 6.25. The smallest absolute Gasteiger partial charge is 0.209 e. The molecular formula is C16H10N4OS2. The summed E-state index contributed by atoms with van der Waals surface area (Å²) in [4.78, 5) is 16.8. The molecule has 2 aromatic heterocycles. The van der Waals surface area contributed by atoms with Gasteiger partial charge in [-0.25, -0.2) is 9.97 Å². The molecule has 7 heteroatoms. The zero-order valence-electron chi connectivity index (χ0n) is 11.7. The third-order valence-electron chi connectivity index (χ3n) is 3.31. The number of aromatic amines is 1. The van der Waals surface area contributed by atoms with Gasteiger partial charge in [0.1, 0.15) is 4.88 Å². The topological polar surface area (TPSA) is 74.2 Å². The predicted molar refractivity (Wildman–Crippen MR) is 95.5 cm³/mol. The summed E-state index contributed by atoms with van der Waals surface area (Å²) in [6.45, 7) is 0. The minimum atomic E-state index is 0.0373. The number of rotatable bonds is 2. The van der Waals surface area contributed by atoms with E-state index >= 15 is 0 Å². The fraction of sp³-hybridized carbons (Fsp3) is 0. The summed E-state index contributed by atoms with van der Waals surface area (Å²) in [6, 6.07) is 13.4. The second-order valence-electron chi connectivity index (χ2n) is 4.87. The van der Waals surface area contributed by atoms with Gasteiger partial charge in [-0.1, -0.05) is 23.5 Å². The number of fused-ring (bicyclic) bond motifs is 2. The van der Waals surface area contributed by atoms with Gasteiger partial charge in [0.25, 0.3) is 0 Å². The highest BCUT2D eigenvalue weighted by Gasteiger charge is 2.03. The third kappa shape index (κ3) is 2.71. The molecule has 0 unspecified atom stereocenters. The fourth-order valence-corrected chi connectivity index (χ4v) is 3.21. The van der Waals surface area contributed by atoms with Gasteiger partial charge in [0.2, 0.25) is 5.88 Å². The van der Waals surface area contributed by atoms with Crippen LogP contribution in [0.25, 0.3) is 22.1 Å². The number of aromatic hydroxyl groups is 1. The average molecular weight is 338 g/mol. The van der Waals surface area contributed by atoms with E-state index in [0.29, 0.717) is 8.83 Å². The average Bonchev–Trinajstić information content (AvgIpc) is 2.88. The fourth-order valence-electron chi connectivity index (χ4n) is 2.24. The van der Waals surface area contributed by atoms with E-state index in [-0.39, 0.29) is 5.88 Å². The SMILES string of the molecule is Oc1[nH]c(=S)sc1C=Nc1ccc2nc3ccccc3nc2c1. The van der Waals surface area contributed by atoms with Gasteiger partial charge in [-0.05, 0) is 42.5 Å². The number of aromatic nitrogens is 3. The van der Waals surface area contributed by atoms with Crippen LogP contribution < -0.4 is 0 Å². The number of hydrogen-bond donors (Lipinski definition) is 2. The Kier molecular flexibility index (Phi) is 3.36. The van der Waals surface area contributed by atoms with Crippen molar-refractivity contribution in [3.8, 4) is 5.88 Å². The number of thiazole rings is 1. The lowest BCUT2D eigenvalue weighted by Gasteiger charge is -2.01. The van der Waals surface area contributed by atoms with Crippen LogP contribution in [-0.4, -0.2) is 26.3 Å². The van der Waals surface area contributed by atoms with Gasteiger partial charge < -0.3 is 10.1 Å². The lowest BCUT2D eigenvalue weighted by Crippen LogP contribution is -1.86. The third-order valence-corrected chi connectivity index (χ3v) is 4.47. The molecule has 112 valence electrons. The first-order valence-electron chi connectivity index (χ1n) is 6.82. The Morgan fingerprint density at radius 2 is 1.74 bits per heavy atom. The monoisotopic (exact) mass is 338 g/mol. The number of aliphatic imine (C=N–C) groups is 1. The Balaban J connectivity index is 1.77. The first-order valence-corrected chi connectivity index (χ1v) is 8.04. The van der Waals surface area contributed by atoms with Crippen LogP contribution in [0.2, 0.25) is 0 Å². The van der Waals surface area contributed by atoms with Gasteiger partial charge in [-0.2, -0.15) is 0 Å². The van der Waals surface area contributed by atoms with Gasteiger partial charge in [-0.15, -0.1) is 0 Å². The molecule has 0 spiro atoms. The second-order valence-corrected chi connectivity index (χ2v) is 6.59. The molecule has 23 heavy (non-hydrogen) atoms. The number of H-pyrrole nitrogens is 1. The molecular weight excluding hydrogens is 328 g/mol. The van der Waals surface area contributed by atoms with Crippen molar-refractivity contribution in [2.75, 3.05) is 0 Å². The summed E-state index contributed by atoms with van der Waals surface area (Å²) in [5.41, 5.74) is 4.06. The zero-order chi connectivity index (χ0) is 15.8. The number of para-hydroxylation sites is 2. The molecule has 0 amide bonds. The normalized spacial score (nSPS) is 11.7. The number of hydrogen-bond acceptors (Lipinski definition) is 6. The largest absolute Gasteiger partial charge is 0.494 e. The van der Waals surface area contributed by atoms with Crippen molar-refractivity contribution in [3.63, 3.8) is 0 Å². The maximum absolute atomic E-state index is 9.67. The standard InChI is InChI=1S/C16H10N4OS2/c21-15-14(23-16(22)20-15)8-17-9-5-6-12-13(7-9)19-11-4-2-1-3-10(11)18-12/h1-8,21H,(H,20,22). The Morgan fingerprint density at radius 1 is 1.04 bits per heavy atom. The van der Waals surface area contributed by atoms with Crippen molar-refractivity contribution in [1.82, 2.24) is 15.0 Å². The van der Waals surface area contributed by atoms with Crippen LogP contribution in [0, 0.1) is 3.95 Å². The summed E-state index contributed by atoms with van der Waals surface area (Å²) in [6.07, 6.45) is 1.59. The van der Waals surface area contributed by atoms with Gasteiger partial charge in [0.15, 0.2) is 3.95 Å². The number of benzene rings is 2. The van der Waals surface area contributed by atoms with Gasteiger partial charge in [-0.3, -0.25) is 4.99 Å². The number of nitrogens with one attached hydrogen (secondary N) is 1. The van der Waals surface area contributed by atoms with E-state index in [1.54, 1.807) is 6.21 Å².